The van der Waals surface area contributed by atoms with E-state index in [1.807, 2.05) is 0 Å². The van der Waals surface area contributed by atoms with Gasteiger partial charge in [0, 0.05) is 18.5 Å². The number of nitrogens with zero attached hydrogens (tertiary/aromatic N) is 2. The summed E-state index contributed by atoms with van der Waals surface area (Å²) in [5.41, 5.74) is 0.782. The van der Waals surface area contributed by atoms with Crippen LogP contribution in [0.4, 0.5) is 8.78 Å². The lowest BCUT2D eigenvalue weighted by molar-refractivity contribution is 0.0700. The van der Waals surface area contributed by atoms with E-state index in [0.717, 1.165) is 12.1 Å². The van der Waals surface area contributed by atoms with Gasteiger partial charge in [-0.3, -0.25) is 9.59 Å². The van der Waals surface area contributed by atoms with E-state index in [4.69, 9.17) is 4.42 Å². The summed E-state index contributed by atoms with van der Waals surface area (Å²) in [7, 11) is 0. The van der Waals surface area contributed by atoms with Gasteiger partial charge in [0.05, 0.1) is 24.1 Å². The van der Waals surface area contributed by atoms with E-state index in [1.54, 1.807) is 12.1 Å². The molecule has 0 radical (unpaired) electrons. The molecule has 3 heterocycles. The summed E-state index contributed by atoms with van der Waals surface area (Å²) in [5, 5.41) is 0. The molecule has 8 heteroatoms. The maximum Gasteiger partial charge on any atom is 0.289 e. The number of hydrogen-bond donors (Lipinski definition) is 1. The van der Waals surface area contributed by atoms with Gasteiger partial charge in [-0.15, -0.1) is 0 Å². The Balaban J connectivity index is 1.66. The lowest BCUT2D eigenvalue weighted by Crippen LogP contribution is -2.39. The normalized spacial score (nSPS) is 13.5. The Morgan fingerprint density at radius 3 is 2.81 bits per heavy atom. The van der Waals surface area contributed by atoms with Crippen LogP contribution in [0.25, 0.3) is 11.4 Å². The molecule has 26 heavy (non-hydrogen) atoms. The number of rotatable bonds is 2. The second-order valence-corrected chi connectivity index (χ2v) is 5.92. The van der Waals surface area contributed by atoms with Gasteiger partial charge in [0.25, 0.3) is 11.5 Å². The van der Waals surface area contributed by atoms with E-state index >= 15 is 0 Å². The zero-order valence-electron chi connectivity index (χ0n) is 13.5. The number of amides is 1. The summed E-state index contributed by atoms with van der Waals surface area (Å²) in [4.78, 5) is 33.3. The number of halogens is 2. The molecule has 0 atom stereocenters. The Kier molecular flexibility index (Phi) is 3.87. The minimum Gasteiger partial charge on any atom is -0.459 e. The van der Waals surface area contributed by atoms with Gasteiger partial charge in [-0.25, -0.2) is 13.8 Å². The number of carbonyl (C=O) groups excluding carboxylic acids is 1. The van der Waals surface area contributed by atoms with Gasteiger partial charge < -0.3 is 14.3 Å². The second kappa shape index (κ2) is 6.21. The highest BCUT2D eigenvalue weighted by Gasteiger charge is 2.26. The zero-order chi connectivity index (χ0) is 18.3. The molecule has 0 saturated carbocycles. The molecule has 1 amide bonds. The van der Waals surface area contributed by atoms with Crippen molar-refractivity contribution in [1.82, 2.24) is 14.9 Å². The number of benzene rings is 1. The van der Waals surface area contributed by atoms with Crippen LogP contribution in [0.5, 0.6) is 0 Å². The van der Waals surface area contributed by atoms with Gasteiger partial charge in [-0.05, 0) is 30.3 Å². The van der Waals surface area contributed by atoms with Crippen molar-refractivity contribution < 1.29 is 18.0 Å². The van der Waals surface area contributed by atoms with E-state index in [2.05, 4.69) is 9.97 Å². The monoisotopic (exact) mass is 357 g/mol. The predicted molar refractivity (Wildman–Crippen MR) is 87.4 cm³/mol. The SMILES string of the molecule is O=C(c1ccco1)N1CCc2nc(-c3ccc(F)c(F)c3)[nH]c(=O)c2C1. The van der Waals surface area contributed by atoms with Gasteiger partial charge in [0.1, 0.15) is 5.82 Å². The third-order valence-corrected chi connectivity index (χ3v) is 4.28. The van der Waals surface area contributed by atoms with Crippen molar-refractivity contribution in [3.8, 4) is 11.4 Å². The molecule has 4 rings (SSSR count). The van der Waals surface area contributed by atoms with Crippen molar-refractivity contribution in [3.63, 3.8) is 0 Å². The quantitative estimate of drug-likeness (QED) is 0.764. The van der Waals surface area contributed by atoms with Crippen LogP contribution in [0.1, 0.15) is 21.8 Å². The molecule has 132 valence electrons. The molecule has 0 fully saturated rings. The van der Waals surface area contributed by atoms with Crippen LogP contribution >= 0.6 is 0 Å². The molecule has 0 saturated heterocycles. The summed E-state index contributed by atoms with van der Waals surface area (Å²) in [6, 6.07) is 6.49. The number of furan rings is 1. The summed E-state index contributed by atoms with van der Waals surface area (Å²) in [5.74, 6) is -1.92. The highest BCUT2D eigenvalue weighted by atomic mass is 19.2. The Morgan fingerprint density at radius 1 is 1.23 bits per heavy atom. The number of hydrogen-bond acceptors (Lipinski definition) is 4. The summed E-state index contributed by atoms with van der Waals surface area (Å²) < 4.78 is 31.6. The maximum absolute atomic E-state index is 13.4. The van der Waals surface area contributed by atoms with Crippen molar-refractivity contribution >= 4 is 5.91 Å². The Hall–Kier alpha value is -3.29. The molecule has 0 aliphatic carbocycles. The molecule has 6 nitrogen and oxygen atoms in total. The number of nitrogens with one attached hydrogen (secondary N) is 1. The summed E-state index contributed by atoms with van der Waals surface area (Å²) in [6.45, 7) is 0.482. The van der Waals surface area contributed by atoms with Crippen molar-refractivity contribution in [3.05, 3.63) is 75.6 Å². The van der Waals surface area contributed by atoms with Gasteiger partial charge in [-0.1, -0.05) is 0 Å². The van der Waals surface area contributed by atoms with Crippen molar-refractivity contribution in [1.29, 1.82) is 0 Å². The molecule has 0 spiro atoms. The first-order valence-electron chi connectivity index (χ1n) is 7.93. The minimum atomic E-state index is -1.02. The fourth-order valence-electron chi connectivity index (χ4n) is 2.93. The van der Waals surface area contributed by atoms with Crippen molar-refractivity contribution in [2.45, 2.75) is 13.0 Å². The second-order valence-electron chi connectivity index (χ2n) is 5.92. The van der Waals surface area contributed by atoms with Crippen LogP contribution in [0.3, 0.4) is 0 Å². The van der Waals surface area contributed by atoms with Crippen LogP contribution in [-0.4, -0.2) is 27.3 Å². The van der Waals surface area contributed by atoms with E-state index < -0.39 is 17.2 Å². The summed E-state index contributed by atoms with van der Waals surface area (Å²) >= 11 is 0. The first-order valence-corrected chi connectivity index (χ1v) is 7.93. The van der Waals surface area contributed by atoms with E-state index in [0.29, 0.717) is 24.2 Å². The number of carbonyl (C=O) groups is 1. The molecule has 1 N–H and O–H groups in total. The van der Waals surface area contributed by atoms with Crippen molar-refractivity contribution in [2.24, 2.45) is 0 Å². The molecule has 1 aliphatic rings. The van der Waals surface area contributed by atoms with Gasteiger partial charge in [0.2, 0.25) is 0 Å². The molecule has 1 aromatic carbocycles. The standard InChI is InChI=1S/C18H13F2N3O3/c19-12-4-3-10(8-13(12)20)16-21-14-5-6-23(9-11(14)17(24)22-16)18(25)15-2-1-7-26-15/h1-4,7-8H,5-6,9H2,(H,21,22,24). The number of fused-ring (bicyclic) bond motifs is 1. The number of aromatic amines is 1. The zero-order valence-corrected chi connectivity index (χ0v) is 13.5. The first-order chi connectivity index (χ1) is 12.5. The van der Waals surface area contributed by atoms with Crippen molar-refractivity contribution in [2.75, 3.05) is 6.54 Å². The molecule has 2 aromatic heterocycles. The third-order valence-electron chi connectivity index (χ3n) is 4.28. The van der Waals surface area contributed by atoms with E-state index in [9.17, 15) is 18.4 Å². The molecular formula is C18H13F2N3O3. The Bertz CT molecular complexity index is 1040. The van der Waals surface area contributed by atoms with Crippen LogP contribution in [0.2, 0.25) is 0 Å². The Labute approximate surface area is 146 Å². The van der Waals surface area contributed by atoms with Gasteiger partial charge >= 0.3 is 0 Å². The topological polar surface area (TPSA) is 79.2 Å². The molecule has 3 aromatic rings. The fraction of sp³-hybridized carbons (Fsp3) is 0.167. The molecule has 0 unspecified atom stereocenters. The Morgan fingerprint density at radius 2 is 2.08 bits per heavy atom. The minimum absolute atomic E-state index is 0.106. The fourth-order valence-corrected chi connectivity index (χ4v) is 2.93. The molecule has 0 bridgehead atoms. The highest BCUT2D eigenvalue weighted by Crippen LogP contribution is 2.21. The van der Waals surface area contributed by atoms with Gasteiger partial charge in [-0.2, -0.15) is 0 Å². The van der Waals surface area contributed by atoms with E-state index in [1.165, 1.54) is 17.2 Å². The average molecular weight is 357 g/mol. The molecular weight excluding hydrogens is 344 g/mol. The van der Waals surface area contributed by atoms with E-state index in [-0.39, 0.29) is 29.6 Å². The number of H-pyrrole nitrogens is 1. The van der Waals surface area contributed by atoms with Crippen LogP contribution in [-0.2, 0) is 13.0 Å². The largest absolute Gasteiger partial charge is 0.459 e. The summed E-state index contributed by atoms with van der Waals surface area (Å²) in [6.07, 6.45) is 1.79. The van der Waals surface area contributed by atoms with Crippen LogP contribution in [0, 0.1) is 11.6 Å². The van der Waals surface area contributed by atoms with Crippen LogP contribution < -0.4 is 5.56 Å². The first kappa shape index (κ1) is 16.2. The third kappa shape index (κ3) is 2.79. The predicted octanol–water partition coefficient (Wildman–Crippen LogP) is 2.51. The lowest BCUT2D eigenvalue weighted by Gasteiger charge is -2.27. The highest BCUT2D eigenvalue weighted by molar-refractivity contribution is 5.91. The average Bonchev–Trinajstić information content (AvgIpc) is 3.18. The van der Waals surface area contributed by atoms with Crippen LogP contribution in [0.15, 0.2) is 45.8 Å². The van der Waals surface area contributed by atoms with Gasteiger partial charge in [0.15, 0.2) is 17.4 Å². The maximum atomic E-state index is 13.4. The lowest BCUT2D eigenvalue weighted by atomic mass is 10.1. The number of aromatic nitrogens is 2. The molecule has 1 aliphatic heterocycles. The smallest absolute Gasteiger partial charge is 0.289 e.